The highest BCUT2D eigenvalue weighted by Gasteiger charge is 2.15. The summed E-state index contributed by atoms with van der Waals surface area (Å²) in [5.41, 5.74) is -0.462. The fourth-order valence-electron chi connectivity index (χ4n) is 0.973. The summed E-state index contributed by atoms with van der Waals surface area (Å²) in [7, 11) is 0. The Morgan fingerprint density at radius 1 is 1.17 bits per heavy atom. The van der Waals surface area contributed by atoms with E-state index in [1.807, 2.05) is 13.8 Å². The van der Waals surface area contributed by atoms with Crippen LogP contribution in [-0.4, -0.2) is 10.7 Å². The third-order valence-corrected chi connectivity index (χ3v) is 2.23. The molecule has 0 amide bonds. The molecule has 0 aromatic rings. The van der Waals surface area contributed by atoms with Crippen molar-refractivity contribution in [2.75, 3.05) is 0 Å². The van der Waals surface area contributed by atoms with Crippen molar-refractivity contribution in [3.63, 3.8) is 0 Å². The van der Waals surface area contributed by atoms with Crippen LogP contribution >= 0.6 is 0 Å². The SMILES string of the molecule is CCC/C=C/CCC(C)(O)CC. The third kappa shape index (κ3) is 6.41. The lowest BCUT2D eigenvalue weighted by molar-refractivity contribution is 0.0480. The highest BCUT2D eigenvalue weighted by Crippen LogP contribution is 2.15. The summed E-state index contributed by atoms with van der Waals surface area (Å²) in [5.74, 6) is 0. The van der Waals surface area contributed by atoms with Crippen molar-refractivity contribution in [1.82, 2.24) is 0 Å². The van der Waals surface area contributed by atoms with Gasteiger partial charge in [-0.15, -0.1) is 0 Å². The molecule has 0 aliphatic carbocycles. The molecule has 0 aromatic heterocycles. The van der Waals surface area contributed by atoms with Gasteiger partial charge in [0.05, 0.1) is 5.60 Å². The van der Waals surface area contributed by atoms with Gasteiger partial charge in [-0.25, -0.2) is 0 Å². The molecule has 0 heterocycles. The normalized spacial score (nSPS) is 16.7. The van der Waals surface area contributed by atoms with Crippen LogP contribution in [0.4, 0.5) is 0 Å². The molecule has 1 N–H and O–H groups in total. The maximum Gasteiger partial charge on any atom is 0.0620 e. The number of aliphatic hydroxyl groups is 1. The second-order valence-electron chi connectivity index (χ2n) is 3.65. The van der Waals surface area contributed by atoms with Gasteiger partial charge in [0.15, 0.2) is 0 Å². The van der Waals surface area contributed by atoms with Crippen molar-refractivity contribution >= 4 is 0 Å². The summed E-state index contributed by atoms with van der Waals surface area (Å²) in [6.45, 7) is 6.10. The quantitative estimate of drug-likeness (QED) is 0.606. The molecule has 0 fully saturated rings. The average molecular weight is 170 g/mol. The second-order valence-corrected chi connectivity index (χ2v) is 3.65. The Labute approximate surface area is 76.5 Å². The predicted octanol–water partition coefficient (Wildman–Crippen LogP) is 3.28. The number of unbranched alkanes of at least 4 members (excludes halogenated alkanes) is 1. The third-order valence-electron chi connectivity index (χ3n) is 2.23. The van der Waals surface area contributed by atoms with Gasteiger partial charge in [-0.3, -0.25) is 0 Å². The Morgan fingerprint density at radius 3 is 2.25 bits per heavy atom. The molecule has 1 atom stereocenters. The first kappa shape index (κ1) is 11.7. The Bertz CT molecular complexity index is 125. The van der Waals surface area contributed by atoms with E-state index in [0.717, 1.165) is 25.7 Å². The summed E-state index contributed by atoms with van der Waals surface area (Å²) < 4.78 is 0. The number of hydrogen-bond acceptors (Lipinski definition) is 1. The summed E-state index contributed by atoms with van der Waals surface area (Å²) in [6, 6.07) is 0. The minimum absolute atomic E-state index is 0.462. The Morgan fingerprint density at radius 2 is 1.75 bits per heavy atom. The molecular formula is C11H22O. The van der Waals surface area contributed by atoms with E-state index in [1.54, 1.807) is 0 Å². The van der Waals surface area contributed by atoms with Crippen LogP contribution in [0.15, 0.2) is 12.2 Å². The van der Waals surface area contributed by atoms with Gasteiger partial charge in [0.1, 0.15) is 0 Å². The van der Waals surface area contributed by atoms with E-state index in [4.69, 9.17) is 0 Å². The molecule has 0 aliphatic heterocycles. The lowest BCUT2D eigenvalue weighted by Gasteiger charge is -2.19. The van der Waals surface area contributed by atoms with Crippen LogP contribution in [0.5, 0.6) is 0 Å². The summed E-state index contributed by atoms with van der Waals surface area (Å²) in [5, 5.41) is 9.65. The maximum absolute atomic E-state index is 9.65. The van der Waals surface area contributed by atoms with Gasteiger partial charge in [-0.05, 0) is 32.6 Å². The highest BCUT2D eigenvalue weighted by atomic mass is 16.3. The lowest BCUT2D eigenvalue weighted by atomic mass is 9.97. The average Bonchev–Trinajstić information content (AvgIpc) is 2.04. The Balaban J connectivity index is 3.42. The molecule has 1 heteroatoms. The zero-order valence-corrected chi connectivity index (χ0v) is 8.64. The zero-order chi connectivity index (χ0) is 9.45. The first-order chi connectivity index (χ1) is 5.62. The van der Waals surface area contributed by atoms with E-state index >= 15 is 0 Å². The van der Waals surface area contributed by atoms with Gasteiger partial charge in [-0.2, -0.15) is 0 Å². The van der Waals surface area contributed by atoms with Crippen molar-refractivity contribution in [2.24, 2.45) is 0 Å². The van der Waals surface area contributed by atoms with Gasteiger partial charge < -0.3 is 5.11 Å². The van der Waals surface area contributed by atoms with E-state index < -0.39 is 5.60 Å². The van der Waals surface area contributed by atoms with E-state index in [2.05, 4.69) is 19.1 Å². The molecule has 1 nitrogen and oxygen atoms in total. The van der Waals surface area contributed by atoms with E-state index in [-0.39, 0.29) is 0 Å². The maximum atomic E-state index is 9.65. The van der Waals surface area contributed by atoms with Crippen molar-refractivity contribution < 1.29 is 5.11 Å². The van der Waals surface area contributed by atoms with E-state index in [0.29, 0.717) is 0 Å². The van der Waals surface area contributed by atoms with Crippen LogP contribution in [-0.2, 0) is 0 Å². The van der Waals surface area contributed by atoms with Crippen LogP contribution in [0.2, 0.25) is 0 Å². The topological polar surface area (TPSA) is 20.2 Å². The minimum Gasteiger partial charge on any atom is -0.390 e. The van der Waals surface area contributed by atoms with E-state index in [1.165, 1.54) is 6.42 Å². The standard InChI is InChI=1S/C11H22O/c1-4-6-7-8-9-10-11(3,12)5-2/h7-8,12H,4-6,9-10H2,1-3H3/b8-7+. The fourth-order valence-corrected chi connectivity index (χ4v) is 0.973. The molecule has 0 saturated heterocycles. The van der Waals surface area contributed by atoms with Gasteiger partial charge in [0.25, 0.3) is 0 Å². The van der Waals surface area contributed by atoms with E-state index in [9.17, 15) is 5.11 Å². The zero-order valence-electron chi connectivity index (χ0n) is 8.64. The molecular weight excluding hydrogens is 148 g/mol. The molecule has 1 unspecified atom stereocenters. The van der Waals surface area contributed by atoms with Crippen molar-refractivity contribution in [2.45, 2.75) is 58.5 Å². The smallest absolute Gasteiger partial charge is 0.0620 e. The fraction of sp³-hybridized carbons (Fsp3) is 0.818. The molecule has 0 radical (unpaired) electrons. The molecule has 0 aromatic carbocycles. The van der Waals surface area contributed by atoms with Gasteiger partial charge in [0.2, 0.25) is 0 Å². The first-order valence-electron chi connectivity index (χ1n) is 4.99. The van der Waals surface area contributed by atoms with Gasteiger partial charge in [-0.1, -0.05) is 32.4 Å². The summed E-state index contributed by atoms with van der Waals surface area (Å²) in [6.07, 6.45) is 9.47. The predicted molar refractivity (Wildman–Crippen MR) is 54.2 cm³/mol. The van der Waals surface area contributed by atoms with Crippen molar-refractivity contribution in [1.29, 1.82) is 0 Å². The summed E-state index contributed by atoms with van der Waals surface area (Å²) >= 11 is 0. The first-order valence-corrected chi connectivity index (χ1v) is 4.99. The van der Waals surface area contributed by atoms with Crippen LogP contribution in [0.1, 0.15) is 52.9 Å². The van der Waals surface area contributed by atoms with Crippen LogP contribution in [0.25, 0.3) is 0 Å². The monoisotopic (exact) mass is 170 g/mol. The van der Waals surface area contributed by atoms with Crippen LogP contribution in [0.3, 0.4) is 0 Å². The Kier molecular flexibility index (Phi) is 6.09. The molecule has 0 spiro atoms. The minimum atomic E-state index is -0.462. The Hall–Kier alpha value is -0.300. The molecule has 0 rings (SSSR count). The lowest BCUT2D eigenvalue weighted by Crippen LogP contribution is -2.21. The molecule has 0 aliphatic rings. The largest absolute Gasteiger partial charge is 0.390 e. The number of hydrogen-bond donors (Lipinski definition) is 1. The van der Waals surface area contributed by atoms with Gasteiger partial charge >= 0.3 is 0 Å². The van der Waals surface area contributed by atoms with Crippen molar-refractivity contribution in [3.8, 4) is 0 Å². The molecule has 0 bridgehead atoms. The second kappa shape index (κ2) is 6.24. The van der Waals surface area contributed by atoms with Crippen LogP contribution < -0.4 is 0 Å². The van der Waals surface area contributed by atoms with Crippen molar-refractivity contribution in [3.05, 3.63) is 12.2 Å². The number of allylic oxidation sites excluding steroid dienone is 2. The molecule has 72 valence electrons. The summed E-state index contributed by atoms with van der Waals surface area (Å²) in [4.78, 5) is 0. The molecule has 0 saturated carbocycles. The highest BCUT2D eigenvalue weighted by molar-refractivity contribution is 4.84. The van der Waals surface area contributed by atoms with Gasteiger partial charge in [0, 0.05) is 0 Å². The number of rotatable bonds is 6. The van der Waals surface area contributed by atoms with Crippen LogP contribution in [0, 0.1) is 0 Å². The molecule has 12 heavy (non-hydrogen) atoms.